The van der Waals surface area contributed by atoms with E-state index in [0.717, 1.165) is 41.0 Å². The molecule has 1 aliphatic carbocycles. The fourth-order valence-electron chi connectivity index (χ4n) is 4.29. The number of thiophene rings is 1. The number of ether oxygens (including phenoxy) is 1. The van der Waals surface area contributed by atoms with Gasteiger partial charge in [0.25, 0.3) is 5.91 Å². The summed E-state index contributed by atoms with van der Waals surface area (Å²) >= 11 is 1.45. The van der Waals surface area contributed by atoms with Gasteiger partial charge in [-0.15, -0.1) is 11.3 Å². The van der Waals surface area contributed by atoms with Crippen LogP contribution in [0.5, 0.6) is 5.75 Å². The molecule has 2 N–H and O–H groups in total. The first kappa shape index (κ1) is 23.5. The number of carbonyl (C=O) groups is 2. The molecule has 9 heteroatoms. The molecule has 0 bridgehead atoms. The van der Waals surface area contributed by atoms with Gasteiger partial charge in [-0.3, -0.25) is 9.59 Å². The lowest BCUT2D eigenvalue weighted by atomic mass is 9.88. The summed E-state index contributed by atoms with van der Waals surface area (Å²) < 4.78 is 28.7. The van der Waals surface area contributed by atoms with Gasteiger partial charge in [-0.25, -0.2) is 8.42 Å². The Morgan fingerprint density at radius 1 is 1.18 bits per heavy atom. The SMILES string of the molecule is COc1ccc(/C=C/C(=O)Nc2sc3c(c2C(=O)N[C@H]2CCS(=O)(=O)C2)CC[C@H](C)C3)cc1. The van der Waals surface area contributed by atoms with Gasteiger partial charge >= 0.3 is 0 Å². The monoisotopic (exact) mass is 488 g/mol. The molecule has 176 valence electrons. The summed E-state index contributed by atoms with van der Waals surface area (Å²) in [7, 11) is -1.50. The van der Waals surface area contributed by atoms with Crippen LogP contribution in [0.1, 0.15) is 46.1 Å². The third-order valence-electron chi connectivity index (χ3n) is 6.09. The zero-order valence-electron chi connectivity index (χ0n) is 18.7. The van der Waals surface area contributed by atoms with E-state index in [1.54, 1.807) is 13.2 Å². The standard InChI is InChI=1S/C24H28N2O5S2/c1-15-3-9-19-20(13-15)32-24(22(19)23(28)25-17-11-12-33(29,30)14-17)26-21(27)10-6-16-4-7-18(31-2)8-5-16/h4-8,10,15,17H,3,9,11-14H2,1-2H3,(H,25,28)(H,26,27)/b10-6+/t15-,17-/m0/s1. The van der Waals surface area contributed by atoms with Gasteiger partial charge < -0.3 is 15.4 Å². The molecule has 33 heavy (non-hydrogen) atoms. The zero-order valence-corrected chi connectivity index (χ0v) is 20.4. The van der Waals surface area contributed by atoms with Crippen molar-refractivity contribution in [3.8, 4) is 5.75 Å². The van der Waals surface area contributed by atoms with E-state index in [-0.39, 0.29) is 29.4 Å². The minimum Gasteiger partial charge on any atom is -0.497 e. The highest BCUT2D eigenvalue weighted by molar-refractivity contribution is 7.91. The summed E-state index contributed by atoms with van der Waals surface area (Å²) in [4.78, 5) is 27.0. The van der Waals surface area contributed by atoms with E-state index >= 15 is 0 Å². The summed E-state index contributed by atoms with van der Waals surface area (Å²) in [5, 5.41) is 6.30. The third kappa shape index (κ3) is 5.65. The number of benzene rings is 1. The summed E-state index contributed by atoms with van der Waals surface area (Å²) in [5.74, 6) is 0.686. The van der Waals surface area contributed by atoms with E-state index in [1.165, 1.54) is 17.4 Å². The number of sulfone groups is 1. The minimum absolute atomic E-state index is 0.0333. The second-order valence-electron chi connectivity index (χ2n) is 8.73. The third-order valence-corrected chi connectivity index (χ3v) is 9.02. The first-order valence-corrected chi connectivity index (χ1v) is 13.7. The number of hydrogen-bond acceptors (Lipinski definition) is 6. The molecule has 1 fully saturated rings. The van der Waals surface area contributed by atoms with E-state index in [9.17, 15) is 18.0 Å². The van der Waals surface area contributed by atoms with Crippen LogP contribution in [0.4, 0.5) is 5.00 Å². The molecule has 0 saturated carbocycles. The van der Waals surface area contributed by atoms with Crippen LogP contribution in [-0.4, -0.2) is 44.9 Å². The summed E-state index contributed by atoms with van der Waals surface area (Å²) in [5.41, 5.74) is 2.31. The van der Waals surface area contributed by atoms with E-state index in [1.807, 2.05) is 24.3 Å². The molecule has 2 amide bonds. The predicted molar refractivity (Wildman–Crippen MR) is 131 cm³/mol. The Hall–Kier alpha value is -2.65. The zero-order chi connectivity index (χ0) is 23.6. The van der Waals surface area contributed by atoms with Gasteiger partial charge in [-0.05, 0) is 60.9 Å². The van der Waals surface area contributed by atoms with Crippen molar-refractivity contribution in [3.05, 3.63) is 51.9 Å². The molecule has 1 aromatic heterocycles. The van der Waals surface area contributed by atoms with Gasteiger partial charge in [-0.1, -0.05) is 19.1 Å². The van der Waals surface area contributed by atoms with Crippen molar-refractivity contribution in [2.45, 2.75) is 38.6 Å². The maximum Gasteiger partial charge on any atom is 0.254 e. The van der Waals surface area contributed by atoms with Gasteiger partial charge in [0.15, 0.2) is 9.84 Å². The number of methoxy groups -OCH3 is 1. The van der Waals surface area contributed by atoms with Crippen LogP contribution < -0.4 is 15.4 Å². The maximum atomic E-state index is 13.2. The topological polar surface area (TPSA) is 102 Å². The lowest BCUT2D eigenvalue weighted by molar-refractivity contribution is -0.111. The lowest BCUT2D eigenvalue weighted by Gasteiger charge is -2.19. The van der Waals surface area contributed by atoms with Crippen LogP contribution in [0.2, 0.25) is 0 Å². The Labute approximate surface area is 198 Å². The number of rotatable bonds is 6. The Balaban J connectivity index is 1.53. The summed E-state index contributed by atoms with van der Waals surface area (Å²) in [6.07, 6.45) is 6.18. The largest absolute Gasteiger partial charge is 0.497 e. The second-order valence-corrected chi connectivity index (χ2v) is 12.1. The maximum absolute atomic E-state index is 13.2. The number of carbonyl (C=O) groups excluding carboxylic acids is 2. The molecule has 1 aromatic carbocycles. The molecular weight excluding hydrogens is 460 g/mol. The van der Waals surface area contributed by atoms with E-state index in [2.05, 4.69) is 17.6 Å². The summed E-state index contributed by atoms with van der Waals surface area (Å²) in [6.45, 7) is 2.18. The van der Waals surface area contributed by atoms with Crippen molar-refractivity contribution in [1.82, 2.24) is 5.32 Å². The van der Waals surface area contributed by atoms with Crippen LogP contribution >= 0.6 is 11.3 Å². The predicted octanol–water partition coefficient (Wildman–Crippen LogP) is 3.45. The van der Waals surface area contributed by atoms with Crippen molar-refractivity contribution in [2.24, 2.45) is 5.92 Å². The molecule has 1 aliphatic heterocycles. The van der Waals surface area contributed by atoms with Gasteiger partial charge in [0.05, 0.1) is 24.2 Å². The number of amides is 2. The second kappa shape index (κ2) is 9.69. The highest BCUT2D eigenvalue weighted by Crippen LogP contribution is 2.39. The molecule has 4 rings (SSSR count). The van der Waals surface area contributed by atoms with Gasteiger partial charge in [0, 0.05) is 17.0 Å². The Morgan fingerprint density at radius 3 is 2.61 bits per heavy atom. The average molecular weight is 489 g/mol. The van der Waals surface area contributed by atoms with Crippen molar-refractivity contribution >= 4 is 44.1 Å². The van der Waals surface area contributed by atoms with Gasteiger partial charge in [-0.2, -0.15) is 0 Å². The van der Waals surface area contributed by atoms with E-state index < -0.39 is 9.84 Å². The van der Waals surface area contributed by atoms with Crippen molar-refractivity contribution < 1.29 is 22.7 Å². The molecular formula is C24H28N2O5S2. The lowest BCUT2D eigenvalue weighted by Crippen LogP contribution is -2.36. The fourth-order valence-corrected chi connectivity index (χ4v) is 7.37. The highest BCUT2D eigenvalue weighted by atomic mass is 32.2. The molecule has 7 nitrogen and oxygen atoms in total. The molecule has 2 atom stereocenters. The molecule has 2 aliphatic rings. The van der Waals surface area contributed by atoms with E-state index in [4.69, 9.17) is 4.74 Å². The van der Waals surface area contributed by atoms with E-state index in [0.29, 0.717) is 22.9 Å². The first-order valence-electron chi connectivity index (χ1n) is 11.0. The van der Waals surface area contributed by atoms with Gasteiger partial charge in [0.2, 0.25) is 5.91 Å². The molecule has 2 heterocycles. The average Bonchev–Trinajstić information content (AvgIpc) is 3.30. The number of nitrogens with one attached hydrogen (secondary N) is 2. The molecule has 2 aromatic rings. The van der Waals surface area contributed by atoms with Crippen LogP contribution in [-0.2, 0) is 27.5 Å². The number of fused-ring (bicyclic) bond motifs is 1. The quantitative estimate of drug-likeness (QED) is 0.607. The van der Waals surface area contributed by atoms with Crippen LogP contribution in [0.25, 0.3) is 6.08 Å². The number of anilines is 1. The minimum atomic E-state index is -3.10. The van der Waals surface area contributed by atoms with Crippen molar-refractivity contribution in [2.75, 3.05) is 23.9 Å². The molecule has 0 unspecified atom stereocenters. The molecule has 0 spiro atoms. The van der Waals surface area contributed by atoms with Crippen LogP contribution in [0, 0.1) is 5.92 Å². The first-order chi connectivity index (χ1) is 15.7. The fraction of sp³-hybridized carbons (Fsp3) is 0.417. The summed E-state index contributed by atoms with van der Waals surface area (Å²) in [6, 6.07) is 6.94. The highest BCUT2D eigenvalue weighted by Gasteiger charge is 2.32. The smallest absolute Gasteiger partial charge is 0.254 e. The molecule has 0 radical (unpaired) electrons. The molecule has 1 saturated heterocycles. The Morgan fingerprint density at radius 2 is 1.94 bits per heavy atom. The van der Waals surface area contributed by atoms with Crippen LogP contribution in [0.15, 0.2) is 30.3 Å². The Bertz CT molecular complexity index is 1180. The van der Waals surface area contributed by atoms with Gasteiger partial charge in [0.1, 0.15) is 10.8 Å². The van der Waals surface area contributed by atoms with Crippen LogP contribution in [0.3, 0.4) is 0 Å². The van der Waals surface area contributed by atoms with Crippen molar-refractivity contribution in [1.29, 1.82) is 0 Å². The van der Waals surface area contributed by atoms with Crippen molar-refractivity contribution in [3.63, 3.8) is 0 Å². The number of hydrogen-bond donors (Lipinski definition) is 2. The Kier molecular flexibility index (Phi) is 6.90. The normalized spacial score (nSPS) is 21.5.